The Morgan fingerprint density at radius 2 is 1.79 bits per heavy atom. The van der Waals surface area contributed by atoms with E-state index in [1.165, 1.54) is 19.4 Å². The second-order valence-electron chi connectivity index (χ2n) is 5.86. The number of benzene rings is 2. The van der Waals surface area contributed by atoms with Crippen LogP contribution < -0.4 is 5.32 Å². The van der Waals surface area contributed by atoms with Crippen molar-refractivity contribution in [3.8, 4) is 17.1 Å². The zero-order valence-corrected chi connectivity index (χ0v) is 15.9. The van der Waals surface area contributed by atoms with Crippen LogP contribution in [0.2, 0.25) is 0 Å². The fourth-order valence-electron chi connectivity index (χ4n) is 2.61. The van der Waals surface area contributed by atoms with E-state index < -0.39 is 11.9 Å². The first kappa shape index (κ1) is 19.8. The number of nitrogens with one attached hydrogen (secondary N) is 1. The van der Waals surface area contributed by atoms with Gasteiger partial charge < -0.3 is 19.9 Å². The molecule has 0 fully saturated rings. The Bertz CT molecular complexity index is 1040. The maximum Gasteiger partial charge on any atom is 0.343 e. The highest BCUT2D eigenvalue weighted by molar-refractivity contribution is 5.97. The molecule has 0 saturated heterocycles. The average Bonchev–Trinajstić information content (AvgIpc) is 2.75. The summed E-state index contributed by atoms with van der Waals surface area (Å²) in [5.74, 6) is -1.11. The third kappa shape index (κ3) is 4.32. The standard InChI is InChI=1S/C21H19N3O5/c1-3-29-21(27)15-12-22-18(13-8-5-4-6-9-13)24-19(15)23-16-11-7-10-14(17(16)25)20(26)28-2/h4-12,25H,3H2,1-2H3,(H,22,23,24). The van der Waals surface area contributed by atoms with Gasteiger partial charge in [-0.15, -0.1) is 0 Å². The van der Waals surface area contributed by atoms with Gasteiger partial charge in [0.15, 0.2) is 11.6 Å². The van der Waals surface area contributed by atoms with Gasteiger partial charge in [-0.2, -0.15) is 0 Å². The van der Waals surface area contributed by atoms with Crippen molar-refractivity contribution in [1.29, 1.82) is 0 Å². The van der Waals surface area contributed by atoms with Crippen molar-refractivity contribution >= 4 is 23.4 Å². The molecule has 3 aromatic rings. The van der Waals surface area contributed by atoms with Crippen LogP contribution in [-0.4, -0.2) is 40.7 Å². The van der Waals surface area contributed by atoms with Gasteiger partial charge in [-0.3, -0.25) is 0 Å². The minimum absolute atomic E-state index is 0.0208. The zero-order valence-electron chi connectivity index (χ0n) is 15.9. The van der Waals surface area contributed by atoms with E-state index in [9.17, 15) is 14.7 Å². The molecule has 8 heteroatoms. The number of nitrogens with zero attached hydrogens (tertiary/aromatic N) is 2. The number of ether oxygens (including phenoxy) is 2. The third-order valence-corrected chi connectivity index (χ3v) is 4.01. The van der Waals surface area contributed by atoms with E-state index in [-0.39, 0.29) is 35.0 Å². The monoisotopic (exact) mass is 393 g/mol. The maximum absolute atomic E-state index is 12.3. The highest BCUT2D eigenvalue weighted by Gasteiger charge is 2.20. The predicted octanol–water partition coefficient (Wildman–Crippen LogP) is 3.56. The van der Waals surface area contributed by atoms with Crippen LogP contribution in [0.5, 0.6) is 5.75 Å². The summed E-state index contributed by atoms with van der Waals surface area (Å²) in [4.78, 5) is 32.8. The molecule has 0 radical (unpaired) electrons. The van der Waals surface area contributed by atoms with Gasteiger partial charge in [0.25, 0.3) is 0 Å². The Kier molecular flexibility index (Phi) is 6.03. The van der Waals surface area contributed by atoms with Crippen LogP contribution in [0.4, 0.5) is 11.5 Å². The number of hydrogen-bond donors (Lipinski definition) is 2. The lowest BCUT2D eigenvalue weighted by molar-refractivity contribution is 0.0525. The SMILES string of the molecule is CCOC(=O)c1cnc(-c2ccccc2)nc1Nc1cccc(C(=O)OC)c1O. The largest absolute Gasteiger partial charge is 0.505 e. The van der Waals surface area contributed by atoms with E-state index in [2.05, 4.69) is 20.0 Å². The number of phenolic OH excluding ortho intramolecular Hbond substituents is 1. The van der Waals surface area contributed by atoms with Gasteiger partial charge in [-0.05, 0) is 19.1 Å². The van der Waals surface area contributed by atoms with Crippen molar-refractivity contribution in [3.63, 3.8) is 0 Å². The Morgan fingerprint density at radius 1 is 1.03 bits per heavy atom. The van der Waals surface area contributed by atoms with Crippen molar-refractivity contribution in [3.05, 3.63) is 65.9 Å². The van der Waals surface area contributed by atoms with Crippen LogP contribution in [0.1, 0.15) is 27.6 Å². The van der Waals surface area contributed by atoms with Gasteiger partial charge in [-0.25, -0.2) is 19.6 Å². The molecule has 29 heavy (non-hydrogen) atoms. The molecule has 2 N–H and O–H groups in total. The smallest absolute Gasteiger partial charge is 0.343 e. The van der Waals surface area contributed by atoms with Gasteiger partial charge in [0, 0.05) is 11.8 Å². The number of carbonyl (C=O) groups is 2. The lowest BCUT2D eigenvalue weighted by Gasteiger charge is -2.14. The van der Waals surface area contributed by atoms with Crippen LogP contribution in [0.25, 0.3) is 11.4 Å². The van der Waals surface area contributed by atoms with E-state index in [0.717, 1.165) is 5.56 Å². The van der Waals surface area contributed by atoms with Gasteiger partial charge >= 0.3 is 11.9 Å². The number of anilines is 2. The number of aromatic nitrogens is 2. The van der Waals surface area contributed by atoms with Crippen molar-refractivity contribution in [2.45, 2.75) is 6.92 Å². The van der Waals surface area contributed by atoms with Crippen molar-refractivity contribution in [2.75, 3.05) is 19.0 Å². The summed E-state index contributed by atoms with van der Waals surface area (Å²) in [5.41, 5.74) is 0.997. The molecule has 2 aromatic carbocycles. The third-order valence-electron chi connectivity index (χ3n) is 4.01. The van der Waals surface area contributed by atoms with Gasteiger partial charge in [-0.1, -0.05) is 36.4 Å². The molecule has 1 aromatic heterocycles. The predicted molar refractivity (Wildman–Crippen MR) is 106 cm³/mol. The van der Waals surface area contributed by atoms with Crippen molar-refractivity contribution in [1.82, 2.24) is 9.97 Å². The fourth-order valence-corrected chi connectivity index (χ4v) is 2.61. The minimum Gasteiger partial charge on any atom is -0.505 e. The molecule has 0 aliphatic carbocycles. The Hall–Kier alpha value is -3.94. The summed E-state index contributed by atoms with van der Waals surface area (Å²) >= 11 is 0. The molecule has 1 heterocycles. The van der Waals surface area contributed by atoms with Crippen LogP contribution in [-0.2, 0) is 9.47 Å². The fraction of sp³-hybridized carbons (Fsp3) is 0.143. The molecule has 0 saturated carbocycles. The quantitative estimate of drug-likeness (QED) is 0.483. The number of carbonyl (C=O) groups excluding carboxylic acids is 2. The zero-order chi connectivity index (χ0) is 20.8. The minimum atomic E-state index is -0.690. The highest BCUT2D eigenvalue weighted by Crippen LogP contribution is 2.32. The molecule has 0 spiro atoms. The molecular formula is C21H19N3O5. The van der Waals surface area contributed by atoms with Crippen LogP contribution in [0.15, 0.2) is 54.7 Å². The number of para-hydroxylation sites is 1. The summed E-state index contributed by atoms with van der Waals surface area (Å²) < 4.78 is 9.73. The first-order valence-electron chi connectivity index (χ1n) is 8.82. The number of phenols is 1. The van der Waals surface area contributed by atoms with E-state index in [4.69, 9.17) is 4.74 Å². The van der Waals surface area contributed by atoms with Crippen LogP contribution in [0, 0.1) is 0 Å². The Morgan fingerprint density at radius 3 is 2.48 bits per heavy atom. The van der Waals surface area contributed by atoms with Gasteiger partial charge in [0.05, 0.1) is 19.4 Å². The van der Waals surface area contributed by atoms with Crippen molar-refractivity contribution in [2.24, 2.45) is 0 Å². The number of esters is 2. The molecule has 0 unspecified atom stereocenters. The molecule has 0 aliphatic heterocycles. The maximum atomic E-state index is 12.3. The molecule has 8 nitrogen and oxygen atoms in total. The topological polar surface area (TPSA) is 111 Å². The van der Waals surface area contributed by atoms with Crippen LogP contribution in [0.3, 0.4) is 0 Å². The van der Waals surface area contributed by atoms with E-state index in [1.807, 2.05) is 30.3 Å². The summed E-state index contributed by atoms with van der Waals surface area (Å²) in [7, 11) is 1.22. The number of rotatable bonds is 6. The van der Waals surface area contributed by atoms with Gasteiger partial charge in [0.2, 0.25) is 0 Å². The number of aromatic hydroxyl groups is 1. The number of hydrogen-bond acceptors (Lipinski definition) is 8. The van der Waals surface area contributed by atoms with E-state index in [1.54, 1.807) is 19.1 Å². The second-order valence-corrected chi connectivity index (χ2v) is 5.86. The first-order chi connectivity index (χ1) is 14.0. The average molecular weight is 393 g/mol. The normalized spacial score (nSPS) is 10.3. The summed E-state index contributed by atoms with van der Waals surface area (Å²) in [6, 6.07) is 13.8. The summed E-state index contributed by atoms with van der Waals surface area (Å²) in [6.45, 7) is 1.87. The Balaban J connectivity index is 2.06. The summed E-state index contributed by atoms with van der Waals surface area (Å²) in [6.07, 6.45) is 1.36. The molecule has 3 rings (SSSR count). The molecule has 0 atom stereocenters. The molecule has 148 valence electrons. The lowest BCUT2D eigenvalue weighted by Crippen LogP contribution is -2.11. The summed E-state index contributed by atoms with van der Waals surface area (Å²) in [5, 5.41) is 13.3. The molecule has 0 bridgehead atoms. The number of methoxy groups -OCH3 is 1. The molecule has 0 aliphatic rings. The lowest BCUT2D eigenvalue weighted by atomic mass is 10.1. The second kappa shape index (κ2) is 8.83. The van der Waals surface area contributed by atoms with Crippen molar-refractivity contribution < 1.29 is 24.2 Å². The van der Waals surface area contributed by atoms with Gasteiger partial charge in [0.1, 0.15) is 16.9 Å². The highest BCUT2D eigenvalue weighted by atomic mass is 16.5. The van der Waals surface area contributed by atoms with Crippen LogP contribution >= 0.6 is 0 Å². The molecular weight excluding hydrogens is 374 g/mol. The van der Waals surface area contributed by atoms with E-state index >= 15 is 0 Å². The first-order valence-corrected chi connectivity index (χ1v) is 8.82. The van der Waals surface area contributed by atoms with E-state index in [0.29, 0.717) is 5.82 Å². The molecule has 0 amide bonds. The Labute approximate surface area is 167 Å².